The first-order valence-corrected chi connectivity index (χ1v) is 5.62. The summed E-state index contributed by atoms with van der Waals surface area (Å²) in [6, 6.07) is 4.43. The molecule has 1 rings (SSSR count). The van der Waals surface area contributed by atoms with E-state index in [9.17, 15) is 0 Å². The Morgan fingerprint density at radius 1 is 1.40 bits per heavy atom. The van der Waals surface area contributed by atoms with Crippen LogP contribution in [-0.4, -0.2) is 19.1 Å². The SMILES string of the molecule is Cc1ccc(CCNC(CN)C(C)C)o1. The maximum atomic E-state index is 5.67. The normalized spacial score (nSPS) is 13.4. The van der Waals surface area contributed by atoms with Gasteiger partial charge in [0.2, 0.25) is 0 Å². The summed E-state index contributed by atoms with van der Waals surface area (Å²) < 4.78 is 5.49. The first-order valence-electron chi connectivity index (χ1n) is 5.62. The Hall–Kier alpha value is -0.800. The Balaban J connectivity index is 2.26. The molecule has 1 unspecified atom stereocenters. The van der Waals surface area contributed by atoms with Crippen LogP contribution >= 0.6 is 0 Å². The summed E-state index contributed by atoms with van der Waals surface area (Å²) in [5.41, 5.74) is 5.67. The van der Waals surface area contributed by atoms with Crippen molar-refractivity contribution < 1.29 is 4.42 Å². The lowest BCUT2D eigenvalue weighted by Gasteiger charge is -2.20. The minimum Gasteiger partial charge on any atom is -0.466 e. The highest BCUT2D eigenvalue weighted by atomic mass is 16.3. The van der Waals surface area contributed by atoms with Gasteiger partial charge in [0.25, 0.3) is 0 Å². The third-order valence-electron chi connectivity index (χ3n) is 2.63. The van der Waals surface area contributed by atoms with Gasteiger partial charge < -0.3 is 15.5 Å². The fourth-order valence-electron chi connectivity index (χ4n) is 1.59. The van der Waals surface area contributed by atoms with Crippen LogP contribution < -0.4 is 11.1 Å². The van der Waals surface area contributed by atoms with E-state index in [4.69, 9.17) is 10.2 Å². The van der Waals surface area contributed by atoms with Crippen LogP contribution in [0.1, 0.15) is 25.4 Å². The number of hydrogen-bond acceptors (Lipinski definition) is 3. The molecule has 0 spiro atoms. The van der Waals surface area contributed by atoms with Gasteiger partial charge in [-0.25, -0.2) is 0 Å². The van der Waals surface area contributed by atoms with Crippen molar-refractivity contribution in [3.8, 4) is 0 Å². The minimum absolute atomic E-state index is 0.404. The zero-order valence-corrected chi connectivity index (χ0v) is 9.92. The van der Waals surface area contributed by atoms with Crippen LogP contribution in [0.25, 0.3) is 0 Å². The van der Waals surface area contributed by atoms with Crippen LogP contribution in [0.15, 0.2) is 16.5 Å². The molecule has 1 aromatic heterocycles. The Kier molecular flexibility index (Phi) is 4.85. The molecule has 0 radical (unpaired) electrons. The second-order valence-electron chi connectivity index (χ2n) is 4.30. The molecule has 1 heterocycles. The molecule has 0 aliphatic carbocycles. The fraction of sp³-hybridized carbons (Fsp3) is 0.667. The molecule has 0 saturated carbocycles. The van der Waals surface area contributed by atoms with Gasteiger partial charge in [-0.15, -0.1) is 0 Å². The molecule has 0 aliphatic rings. The zero-order valence-electron chi connectivity index (χ0n) is 9.92. The van der Waals surface area contributed by atoms with E-state index in [2.05, 4.69) is 19.2 Å². The van der Waals surface area contributed by atoms with Gasteiger partial charge >= 0.3 is 0 Å². The van der Waals surface area contributed by atoms with Crippen molar-refractivity contribution in [1.29, 1.82) is 0 Å². The summed E-state index contributed by atoms with van der Waals surface area (Å²) >= 11 is 0. The average Bonchev–Trinajstić information content (AvgIpc) is 2.58. The van der Waals surface area contributed by atoms with Gasteiger partial charge in [-0.05, 0) is 25.0 Å². The summed E-state index contributed by atoms with van der Waals surface area (Å²) in [7, 11) is 0. The molecule has 0 bridgehead atoms. The van der Waals surface area contributed by atoms with Crippen molar-refractivity contribution in [3.05, 3.63) is 23.7 Å². The number of rotatable bonds is 6. The van der Waals surface area contributed by atoms with Gasteiger partial charge in [0.1, 0.15) is 11.5 Å². The monoisotopic (exact) mass is 210 g/mol. The van der Waals surface area contributed by atoms with Gasteiger partial charge in [0.15, 0.2) is 0 Å². The molecule has 0 aromatic carbocycles. The van der Waals surface area contributed by atoms with Crippen LogP contribution in [-0.2, 0) is 6.42 Å². The van der Waals surface area contributed by atoms with E-state index in [0.29, 0.717) is 18.5 Å². The van der Waals surface area contributed by atoms with E-state index < -0.39 is 0 Å². The van der Waals surface area contributed by atoms with Crippen LogP contribution in [0.5, 0.6) is 0 Å². The van der Waals surface area contributed by atoms with Crippen LogP contribution in [0.2, 0.25) is 0 Å². The average molecular weight is 210 g/mol. The van der Waals surface area contributed by atoms with Crippen molar-refractivity contribution in [2.75, 3.05) is 13.1 Å². The van der Waals surface area contributed by atoms with Gasteiger partial charge in [-0.1, -0.05) is 13.8 Å². The molecule has 3 nitrogen and oxygen atoms in total. The summed E-state index contributed by atoms with van der Waals surface area (Å²) in [5, 5.41) is 3.44. The van der Waals surface area contributed by atoms with Crippen molar-refractivity contribution in [2.24, 2.45) is 11.7 Å². The highest BCUT2D eigenvalue weighted by Crippen LogP contribution is 2.06. The molecule has 0 saturated heterocycles. The van der Waals surface area contributed by atoms with Crippen molar-refractivity contribution in [2.45, 2.75) is 33.2 Å². The quantitative estimate of drug-likeness (QED) is 0.751. The van der Waals surface area contributed by atoms with E-state index >= 15 is 0 Å². The maximum Gasteiger partial charge on any atom is 0.105 e. The fourth-order valence-corrected chi connectivity index (χ4v) is 1.59. The molecular formula is C12H22N2O. The Labute approximate surface area is 92.0 Å². The Morgan fingerprint density at radius 2 is 2.13 bits per heavy atom. The number of nitrogens with two attached hydrogens (primary N) is 1. The van der Waals surface area contributed by atoms with E-state index in [0.717, 1.165) is 24.5 Å². The molecule has 0 aliphatic heterocycles. The summed E-state index contributed by atoms with van der Waals surface area (Å²) in [6.45, 7) is 7.94. The predicted octanol–water partition coefficient (Wildman–Crippen LogP) is 1.70. The van der Waals surface area contributed by atoms with E-state index in [-0.39, 0.29) is 0 Å². The number of aryl methyl sites for hydroxylation is 1. The number of hydrogen-bond donors (Lipinski definition) is 2. The molecule has 3 N–H and O–H groups in total. The molecule has 86 valence electrons. The Morgan fingerprint density at radius 3 is 2.60 bits per heavy atom. The number of nitrogens with one attached hydrogen (secondary N) is 1. The summed E-state index contributed by atoms with van der Waals surface area (Å²) in [6.07, 6.45) is 0.928. The third-order valence-corrected chi connectivity index (χ3v) is 2.63. The molecule has 3 heteroatoms. The second kappa shape index (κ2) is 5.93. The lowest BCUT2D eigenvalue weighted by molar-refractivity contribution is 0.397. The van der Waals surface area contributed by atoms with Gasteiger partial charge in [0.05, 0.1) is 0 Å². The van der Waals surface area contributed by atoms with Crippen molar-refractivity contribution in [1.82, 2.24) is 5.32 Å². The predicted molar refractivity (Wildman–Crippen MR) is 62.8 cm³/mol. The van der Waals surface area contributed by atoms with E-state index in [1.54, 1.807) is 0 Å². The molecule has 0 fully saturated rings. The zero-order chi connectivity index (χ0) is 11.3. The first kappa shape index (κ1) is 12.3. The summed E-state index contributed by atoms with van der Waals surface area (Å²) in [4.78, 5) is 0. The van der Waals surface area contributed by atoms with Crippen molar-refractivity contribution in [3.63, 3.8) is 0 Å². The van der Waals surface area contributed by atoms with Gasteiger partial charge in [-0.3, -0.25) is 0 Å². The first-order chi connectivity index (χ1) is 7.13. The highest BCUT2D eigenvalue weighted by Gasteiger charge is 2.10. The molecule has 1 atom stereocenters. The van der Waals surface area contributed by atoms with E-state index in [1.807, 2.05) is 19.1 Å². The highest BCUT2D eigenvalue weighted by molar-refractivity contribution is 5.05. The lowest BCUT2D eigenvalue weighted by atomic mass is 10.0. The molecule has 15 heavy (non-hydrogen) atoms. The summed E-state index contributed by atoms with van der Waals surface area (Å²) in [5.74, 6) is 2.59. The number of furan rings is 1. The maximum absolute atomic E-state index is 5.67. The van der Waals surface area contributed by atoms with E-state index in [1.165, 1.54) is 0 Å². The second-order valence-corrected chi connectivity index (χ2v) is 4.30. The van der Waals surface area contributed by atoms with Crippen LogP contribution in [0, 0.1) is 12.8 Å². The van der Waals surface area contributed by atoms with Crippen molar-refractivity contribution >= 4 is 0 Å². The van der Waals surface area contributed by atoms with Gasteiger partial charge in [0, 0.05) is 25.6 Å². The Bertz CT molecular complexity index is 281. The van der Waals surface area contributed by atoms with Gasteiger partial charge in [-0.2, -0.15) is 0 Å². The smallest absolute Gasteiger partial charge is 0.105 e. The standard InChI is InChI=1S/C12H22N2O/c1-9(2)12(8-13)14-7-6-11-5-4-10(3)15-11/h4-5,9,12,14H,6-8,13H2,1-3H3. The van der Waals surface area contributed by atoms with Crippen LogP contribution in [0.3, 0.4) is 0 Å². The molecular weight excluding hydrogens is 188 g/mol. The van der Waals surface area contributed by atoms with Crippen LogP contribution in [0.4, 0.5) is 0 Å². The molecule has 1 aromatic rings. The molecule has 0 amide bonds. The topological polar surface area (TPSA) is 51.2 Å². The minimum atomic E-state index is 0.404. The third kappa shape index (κ3) is 4.06. The lowest BCUT2D eigenvalue weighted by Crippen LogP contribution is -2.41. The largest absolute Gasteiger partial charge is 0.466 e.